The molecule has 2 aromatic rings. The summed E-state index contributed by atoms with van der Waals surface area (Å²) in [4.78, 5) is 14.7. The van der Waals surface area contributed by atoms with E-state index in [9.17, 15) is 4.79 Å². The molecule has 0 aliphatic heterocycles. The van der Waals surface area contributed by atoms with Crippen molar-refractivity contribution in [3.05, 3.63) is 30.2 Å². The topological polar surface area (TPSA) is 55.1 Å². The number of aromatic nitrogens is 1. The molecule has 0 saturated carbocycles. The number of ketones is 1. The highest BCUT2D eigenvalue weighted by atomic mass is 16.3. The fraction of sp³-hybridized carbons (Fsp3) is 0.273. The Morgan fingerprint density at radius 1 is 1.53 bits per heavy atom. The third-order valence-electron chi connectivity index (χ3n) is 2.10. The van der Waals surface area contributed by atoms with Crippen LogP contribution in [0, 0.1) is 0 Å². The van der Waals surface area contributed by atoms with Gasteiger partial charge in [-0.25, -0.2) is 4.98 Å². The van der Waals surface area contributed by atoms with Crippen molar-refractivity contribution in [1.29, 1.82) is 0 Å². The molecule has 0 atom stereocenters. The number of oxazole rings is 1. The quantitative estimate of drug-likeness (QED) is 0.820. The van der Waals surface area contributed by atoms with Gasteiger partial charge in [0.2, 0.25) is 0 Å². The smallest absolute Gasteiger partial charge is 0.181 e. The molecule has 1 aromatic carbocycles. The monoisotopic (exact) mass is 204 g/mol. The summed E-state index contributed by atoms with van der Waals surface area (Å²) >= 11 is 0. The molecule has 4 nitrogen and oxygen atoms in total. The second kappa shape index (κ2) is 4.23. The van der Waals surface area contributed by atoms with Crippen LogP contribution in [-0.2, 0) is 11.3 Å². The Kier molecular flexibility index (Phi) is 2.78. The molecule has 1 N–H and O–H groups in total. The molecule has 0 amide bonds. The Bertz CT molecular complexity index is 476. The maximum absolute atomic E-state index is 10.7. The Morgan fingerprint density at radius 2 is 2.40 bits per heavy atom. The molecular weight excluding hydrogens is 192 g/mol. The van der Waals surface area contributed by atoms with Gasteiger partial charge in [-0.3, -0.25) is 4.79 Å². The summed E-state index contributed by atoms with van der Waals surface area (Å²) in [6, 6.07) is 5.80. The van der Waals surface area contributed by atoms with E-state index in [1.54, 1.807) is 6.92 Å². The number of nitrogens with one attached hydrogen (secondary N) is 1. The lowest BCUT2D eigenvalue weighted by atomic mass is 10.2. The van der Waals surface area contributed by atoms with Crippen LogP contribution in [-0.4, -0.2) is 17.3 Å². The largest absolute Gasteiger partial charge is 0.443 e. The second-order valence-electron chi connectivity index (χ2n) is 3.46. The van der Waals surface area contributed by atoms with Crippen molar-refractivity contribution in [2.75, 3.05) is 6.54 Å². The zero-order chi connectivity index (χ0) is 10.7. The number of hydrogen-bond acceptors (Lipinski definition) is 4. The number of rotatable bonds is 4. The van der Waals surface area contributed by atoms with Gasteiger partial charge in [0.05, 0.1) is 6.54 Å². The molecule has 0 spiro atoms. The fourth-order valence-corrected chi connectivity index (χ4v) is 1.39. The van der Waals surface area contributed by atoms with E-state index in [0.29, 0.717) is 13.1 Å². The van der Waals surface area contributed by atoms with Crippen molar-refractivity contribution < 1.29 is 9.21 Å². The number of fused-ring (bicyclic) bond motifs is 1. The van der Waals surface area contributed by atoms with Gasteiger partial charge in [-0.05, 0) is 24.6 Å². The average molecular weight is 204 g/mol. The molecule has 0 unspecified atom stereocenters. The summed E-state index contributed by atoms with van der Waals surface area (Å²) < 4.78 is 5.18. The number of hydrogen-bond donors (Lipinski definition) is 1. The minimum Gasteiger partial charge on any atom is -0.443 e. The molecule has 1 aromatic heterocycles. The molecule has 0 bridgehead atoms. The van der Waals surface area contributed by atoms with Crippen LogP contribution in [0.5, 0.6) is 0 Å². The van der Waals surface area contributed by atoms with E-state index in [0.717, 1.165) is 16.7 Å². The van der Waals surface area contributed by atoms with Crippen LogP contribution in [0.2, 0.25) is 0 Å². The van der Waals surface area contributed by atoms with Crippen molar-refractivity contribution in [2.24, 2.45) is 0 Å². The minimum absolute atomic E-state index is 0.135. The van der Waals surface area contributed by atoms with Crippen molar-refractivity contribution in [2.45, 2.75) is 13.5 Å². The first-order valence-electron chi connectivity index (χ1n) is 4.78. The second-order valence-corrected chi connectivity index (χ2v) is 3.46. The molecule has 4 heteroatoms. The number of carbonyl (C=O) groups is 1. The van der Waals surface area contributed by atoms with Crippen LogP contribution >= 0.6 is 0 Å². The van der Waals surface area contributed by atoms with Gasteiger partial charge < -0.3 is 9.73 Å². The van der Waals surface area contributed by atoms with Gasteiger partial charge in [0.15, 0.2) is 12.0 Å². The van der Waals surface area contributed by atoms with E-state index in [4.69, 9.17) is 4.42 Å². The Balaban J connectivity index is 2.04. The zero-order valence-electron chi connectivity index (χ0n) is 8.49. The van der Waals surface area contributed by atoms with E-state index in [2.05, 4.69) is 10.3 Å². The Hall–Kier alpha value is -1.68. The summed E-state index contributed by atoms with van der Waals surface area (Å²) in [7, 11) is 0. The predicted molar refractivity (Wildman–Crippen MR) is 56.4 cm³/mol. The minimum atomic E-state index is 0.135. The van der Waals surface area contributed by atoms with Crippen molar-refractivity contribution in [3.63, 3.8) is 0 Å². The Morgan fingerprint density at radius 3 is 3.20 bits per heavy atom. The molecule has 0 radical (unpaired) electrons. The summed E-state index contributed by atoms with van der Waals surface area (Å²) in [5.74, 6) is 0.135. The molecule has 0 aliphatic rings. The van der Waals surface area contributed by atoms with Crippen LogP contribution in [0.4, 0.5) is 0 Å². The van der Waals surface area contributed by atoms with E-state index in [-0.39, 0.29) is 5.78 Å². The highest BCUT2D eigenvalue weighted by Gasteiger charge is 2.00. The van der Waals surface area contributed by atoms with Crippen molar-refractivity contribution in [3.8, 4) is 0 Å². The maximum Gasteiger partial charge on any atom is 0.181 e. The first-order chi connectivity index (χ1) is 7.25. The highest BCUT2D eigenvalue weighted by Crippen LogP contribution is 2.13. The van der Waals surface area contributed by atoms with Gasteiger partial charge >= 0.3 is 0 Å². The predicted octanol–water partition coefficient (Wildman–Crippen LogP) is 1.51. The molecular formula is C11H12N2O2. The fourth-order valence-electron chi connectivity index (χ4n) is 1.39. The number of Topliss-reactive ketones (excluding diaryl/α,β-unsaturated/α-hetero) is 1. The Labute approximate surface area is 87.3 Å². The molecule has 0 saturated heterocycles. The lowest BCUT2D eigenvalue weighted by Gasteiger charge is -2.01. The normalized spacial score (nSPS) is 10.7. The van der Waals surface area contributed by atoms with Crippen LogP contribution < -0.4 is 5.32 Å². The van der Waals surface area contributed by atoms with Gasteiger partial charge in [0, 0.05) is 6.54 Å². The number of nitrogens with zero attached hydrogens (tertiary/aromatic N) is 1. The molecule has 0 aliphatic carbocycles. The third-order valence-corrected chi connectivity index (χ3v) is 2.10. The summed E-state index contributed by atoms with van der Waals surface area (Å²) in [6.45, 7) is 2.62. The first-order valence-corrected chi connectivity index (χ1v) is 4.78. The highest BCUT2D eigenvalue weighted by molar-refractivity contribution is 5.77. The number of carbonyl (C=O) groups excluding carboxylic acids is 1. The van der Waals surface area contributed by atoms with E-state index in [1.807, 2.05) is 18.2 Å². The first kappa shape index (κ1) is 9.86. The van der Waals surface area contributed by atoms with E-state index >= 15 is 0 Å². The van der Waals surface area contributed by atoms with Gasteiger partial charge in [0.1, 0.15) is 11.3 Å². The SMILES string of the molecule is CC(=O)CNCc1ccc2ncoc2c1. The van der Waals surface area contributed by atoms with E-state index < -0.39 is 0 Å². The third kappa shape index (κ3) is 2.41. The molecule has 15 heavy (non-hydrogen) atoms. The molecule has 78 valence electrons. The molecule has 2 rings (SSSR count). The van der Waals surface area contributed by atoms with Crippen LogP contribution in [0.3, 0.4) is 0 Å². The van der Waals surface area contributed by atoms with Crippen LogP contribution in [0.25, 0.3) is 11.1 Å². The van der Waals surface area contributed by atoms with Gasteiger partial charge in [0.25, 0.3) is 0 Å². The lowest BCUT2D eigenvalue weighted by Crippen LogP contribution is -2.20. The average Bonchev–Trinajstić information content (AvgIpc) is 2.64. The van der Waals surface area contributed by atoms with Crippen molar-refractivity contribution in [1.82, 2.24) is 10.3 Å². The molecule has 0 fully saturated rings. The van der Waals surface area contributed by atoms with Crippen LogP contribution in [0.15, 0.2) is 29.0 Å². The lowest BCUT2D eigenvalue weighted by molar-refractivity contribution is -0.116. The zero-order valence-corrected chi connectivity index (χ0v) is 8.49. The molecule has 1 heterocycles. The maximum atomic E-state index is 10.7. The standard InChI is InChI=1S/C11H12N2O2/c1-8(14)5-12-6-9-2-3-10-11(4-9)15-7-13-10/h2-4,7,12H,5-6H2,1H3. The number of benzene rings is 1. The summed E-state index contributed by atoms with van der Waals surface area (Å²) in [5, 5.41) is 3.05. The van der Waals surface area contributed by atoms with Gasteiger partial charge in [-0.1, -0.05) is 6.07 Å². The summed E-state index contributed by atoms with van der Waals surface area (Å²) in [5.41, 5.74) is 2.71. The van der Waals surface area contributed by atoms with Crippen molar-refractivity contribution >= 4 is 16.9 Å². The van der Waals surface area contributed by atoms with E-state index in [1.165, 1.54) is 6.39 Å². The van der Waals surface area contributed by atoms with Gasteiger partial charge in [-0.2, -0.15) is 0 Å². The summed E-state index contributed by atoms with van der Waals surface area (Å²) in [6.07, 6.45) is 1.43. The van der Waals surface area contributed by atoms with Gasteiger partial charge in [-0.15, -0.1) is 0 Å². The van der Waals surface area contributed by atoms with Crippen LogP contribution in [0.1, 0.15) is 12.5 Å².